The Kier molecular flexibility index (Phi) is 6.09. The summed E-state index contributed by atoms with van der Waals surface area (Å²) in [5, 5.41) is 0. The summed E-state index contributed by atoms with van der Waals surface area (Å²) < 4.78 is 11.2. The highest BCUT2D eigenvalue weighted by Gasteiger charge is 2.16. The second-order valence-electron chi connectivity index (χ2n) is 7.18. The van der Waals surface area contributed by atoms with Gasteiger partial charge in [0.1, 0.15) is 5.82 Å². The lowest BCUT2D eigenvalue weighted by molar-refractivity contribution is -0.0962. The molecule has 0 radical (unpaired) electrons. The van der Waals surface area contributed by atoms with Crippen molar-refractivity contribution in [1.29, 1.82) is 0 Å². The predicted octanol–water partition coefficient (Wildman–Crippen LogP) is 2.35. The van der Waals surface area contributed by atoms with Gasteiger partial charge in [0.15, 0.2) is 0 Å². The van der Waals surface area contributed by atoms with Gasteiger partial charge in [0.05, 0.1) is 31.6 Å². The van der Waals surface area contributed by atoms with Crippen molar-refractivity contribution in [3.05, 3.63) is 70.8 Å². The first-order valence-electron chi connectivity index (χ1n) is 9.66. The van der Waals surface area contributed by atoms with E-state index in [-0.39, 0.29) is 11.7 Å². The summed E-state index contributed by atoms with van der Waals surface area (Å²) in [5.41, 5.74) is 3.27. The van der Waals surface area contributed by atoms with Crippen LogP contribution in [-0.2, 0) is 16.0 Å². The predicted molar refractivity (Wildman–Crippen MR) is 110 cm³/mol. The molecule has 0 bridgehead atoms. The number of rotatable bonds is 6. The maximum absolute atomic E-state index is 12.1. The molecule has 1 saturated heterocycles. The summed E-state index contributed by atoms with van der Waals surface area (Å²) in [4.78, 5) is 25.9. The van der Waals surface area contributed by atoms with Gasteiger partial charge < -0.3 is 14.5 Å². The van der Waals surface area contributed by atoms with Crippen LogP contribution >= 0.6 is 0 Å². The van der Waals surface area contributed by atoms with E-state index < -0.39 is 0 Å². The van der Waals surface area contributed by atoms with E-state index in [9.17, 15) is 4.79 Å². The van der Waals surface area contributed by atoms with Gasteiger partial charge in [-0.25, -0.2) is 4.98 Å². The number of hydrogen-bond acceptors (Lipinski definition) is 6. The number of nitrogens with zero attached hydrogens (tertiary/aromatic N) is 3. The minimum atomic E-state index is -0.188. The molecule has 1 aliphatic heterocycles. The third-order valence-electron chi connectivity index (χ3n) is 4.78. The Bertz CT molecular complexity index is 983. The normalized spacial score (nSPS) is 16.8. The van der Waals surface area contributed by atoms with Gasteiger partial charge in [0, 0.05) is 42.7 Å². The lowest BCUT2D eigenvalue weighted by Gasteiger charge is -2.27. The van der Waals surface area contributed by atoms with Crippen molar-refractivity contribution >= 4 is 0 Å². The van der Waals surface area contributed by atoms with Crippen molar-refractivity contribution in [3.63, 3.8) is 0 Å². The second kappa shape index (κ2) is 9.09. The zero-order valence-electron chi connectivity index (χ0n) is 16.4. The highest BCUT2D eigenvalue weighted by Crippen LogP contribution is 2.19. The summed E-state index contributed by atoms with van der Waals surface area (Å²) in [7, 11) is 2.07. The van der Waals surface area contributed by atoms with Crippen molar-refractivity contribution in [2.75, 3.05) is 33.4 Å². The summed E-state index contributed by atoms with van der Waals surface area (Å²) >= 11 is 0. The van der Waals surface area contributed by atoms with Gasteiger partial charge in [-0.05, 0) is 24.7 Å². The molecule has 3 heterocycles. The van der Waals surface area contributed by atoms with Crippen LogP contribution in [0.25, 0.3) is 22.6 Å². The highest BCUT2D eigenvalue weighted by molar-refractivity contribution is 5.62. The van der Waals surface area contributed by atoms with Crippen LogP contribution in [-0.4, -0.2) is 59.4 Å². The number of pyridine rings is 1. The van der Waals surface area contributed by atoms with Crippen molar-refractivity contribution in [2.24, 2.45) is 0 Å². The first kappa shape index (κ1) is 19.4. The largest absolute Gasteiger partial charge is 0.376 e. The first-order chi connectivity index (χ1) is 14.2. The average Bonchev–Trinajstić information content (AvgIpc) is 2.75. The van der Waals surface area contributed by atoms with Gasteiger partial charge in [0.2, 0.25) is 0 Å². The first-order valence-corrected chi connectivity index (χ1v) is 9.66. The molecule has 1 N–H and O–H groups in total. The van der Waals surface area contributed by atoms with Crippen LogP contribution in [0.2, 0.25) is 0 Å². The smallest absolute Gasteiger partial charge is 0.251 e. The summed E-state index contributed by atoms with van der Waals surface area (Å²) in [6.45, 7) is 3.62. The minimum Gasteiger partial charge on any atom is -0.376 e. The van der Waals surface area contributed by atoms with E-state index >= 15 is 0 Å². The van der Waals surface area contributed by atoms with Crippen LogP contribution in [0.3, 0.4) is 0 Å². The SMILES string of the molecule is CN(Cc1ccc(-c2nc(-c3cccnc3)cc(=O)[nH]2)cc1)CC1COCCO1. The standard InChI is InChI=1S/C22H24N4O3/c1-26(14-19-15-28-9-10-29-19)13-16-4-6-17(7-5-16)22-24-20(11-21(27)25-22)18-3-2-8-23-12-18/h2-8,11-12,19H,9-10,13-15H2,1H3,(H,24,25,27). The van der Waals surface area contributed by atoms with Crippen molar-refractivity contribution in [1.82, 2.24) is 19.9 Å². The van der Waals surface area contributed by atoms with Crippen LogP contribution < -0.4 is 5.56 Å². The molecule has 4 rings (SSSR count). The fourth-order valence-electron chi connectivity index (χ4n) is 3.39. The summed E-state index contributed by atoms with van der Waals surface area (Å²) in [6, 6.07) is 13.3. The van der Waals surface area contributed by atoms with Gasteiger partial charge in [0.25, 0.3) is 5.56 Å². The zero-order valence-corrected chi connectivity index (χ0v) is 16.4. The van der Waals surface area contributed by atoms with Crippen LogP contribution in [0.1, 0.15) is 5.56 Å². The quantitative estimate of drug-likeness (QED) is 0.694. The van der Waals surface area contributed by atoms with Gasteiger partial charge in [-0.3, -0.25) is 14.7 Å². The maximum atomic E-state index is 12.1. The van der Waals surface area contributed by atoms with Crippen molar-refractivity contribution < 1.29 is 9.47 Å². The van der Waals surface area contributed by atoms with E-state index in [4.69, 9.17) is 9.47 Å². The summed E-state index contributed by atoms with van der Waals surface area (Å²) in [5.74, 6) is 0.545. The molecule has 1 aromatic carbocycles. The molecule has 1 atom stereocenters. The molecule has 0 spiro atoms. The molecular weight excluding hydrogens is 368 g/mol. The zero-order chi connectivity index (χ0) is 20.1. The van der Waals surface area contributed by atoms with E-state index in [0.717, 1.165) is 24.2 Å². The fraction of sp³-hybridized carbons (Fsp3) is 0.318. The molecule has 0 aliphatic carbocycles. The lowest BCUT2D eigenvalue weighted by atomic mass is 10.1. The van der Waals surface area contributed by atoms with Crippen molar-refractivity contribution in [3.8, 4) is 22.6 Å². The number of nitrogens with one attached hydrogen (secondary N) is 1. The molecule has 1 unspecified atom stereocenters. The molecule has 1 fully saturated rings. The third-order valence-corrected chi connectivity index (χ3v) is 4.78. The Morgan fingerprint density at radius 3 is 2.76 bits per heavy atom. The number of H-pyrrole nitrogens is 1. The lowest BCUT2D eigenvalue weighted by Crippen LogP contribution is -2.38. The number of likely N-dealkylation sites (N-methyl/N-ethyl adjacent to an activating group) is 1. The molecule has 150 valence electrons. The second-order valence-corrected chi connectivity index (χ2v) is 7.18. The Morgan fingerprint density at radius 2 is 2.03 bits per heavy atom. The molecule has 3 aromatic rings. The van der Waals surface area contributed by atoms with E-state index in [2.05, 4.69) is 39.0 Å². The molecule has 2 aromatic heterocycles. The van der Waals surface area contributed by atoms with E-state index in [1.54, 1.807) is 12.4 Å². The van der Waals surface area contributed by atoms with Crippen LogP contribution in [0.5, 0.6) is 0 Å². The third kappa shape index (κ3) is 5.14. The molecule has 7 heteroatoms. The van der Waals surface area contributed by atoms with Gasteiger partial charge in [-0.2, -0.15) is 0 Å². The van der Waals surface area contributed by atoms with E-state index in [1.165, 1.54) is 11.6 Å². The molecule has 0 saturated carbocycles. The topological polar surface area (TPSA) is 80.3 Å². The Balaban J connectivity index is 1.46. The number of benzene rings is 1. The molecular formula is C22H24N4O3. The molecule has 0 amide bonds. The minimum absolute atomic E-state index is 0.123. The monoisotopic (exact) mass is 392 g/mol. The number of aromatic nitrogens is 3. The van der Waals surface area contributed by atoms with Crippen LogP contribution in [0.15, 0.2) is 59.7 Å². The fourth-order valence-corrected chi connectivity index (χ4v) is 3.39. The molecule has 7 nitrogen and oxygen atoms in total. The highest BCUT2D eigenvalue weighted by atomic mass is 16.6. The van der Waals surface area contributed by atoms with Crippen LogP contribution in [0.4, 0.5) is 0 Å². The van der Waals surface area contributed by atoms with E-state index in [1.807, 2.05) is 24.3 Å². The Morgan fingerprint density at radius 1 is 1.17 bits per heavy atom. The van der Waals surface area contributed by atoms with Crippen LogP contribution in [0, 0.1) is 0 Å². The molecule has 29 heavy (non-hydrogen) atoms. The van der Waals surface area contributed by atoms with E-state index in [0.29, 0.717) is 31.3 Å². The van der Waals surface area contributed by atoms with Gasteiger partial charge in [-0.15, -0.1) is 0 Å². The average molecular weight is 392 g/mol. The number of hydrogen-bond donors (Lipinski definition) is 1. The number of ether oxygens (including phenoxy) is 2. The Hall–Kier alpha value is -2.87. The van der Waals surface area contributed by atoms with Gasteiger partial charge in [-0.1, -0.05) is 24.3 Å². The maximum Gasteiger partial charge on any atom is 0.251 e. The summed E-state index contributed by atoms with van der Waals surface area (Å²) in [6.07, 6.45) is 3.52. The van der Waals surface area contributed by atoms with Gasteiger partial charge >= 0.3 is 0 Å². The Labute approximate surface area is 169 Å². The van der Waals surface area contributed by atoms with Crippen molar-refractivity contribution in [2.45, 2.75) is 12.6 Å². The number of aromatic amines is 1. The molecule has 1 aliphatic rings.